The summed E-state index contributed by atoms with van der Waals surface area (Å²) >= 11 is 5.52. The molecule has 0 aliphatic carbocycles. The van der Waals surface area contributed by atoms with E-state index in [2.05, 4.69) is 5.32 Å². The highest BCUT2D eigenvalue weighted by molar-refractivity contribution is 7.80. The van der Waals surface area contributed by atoms with E-state index in [9.17, 15) is 20.0 Å². The molecule has 0 aromatic heterocycles. The fourth-order valence-corrected chi connectivity index (χ4v) is 3.58. The number of hydrogen-bond acceptors (Lipinski definition) is 6. The Kier molecular flexibility index (Phi) is 5.79. The molecule has 9 heteroatoms. The zero-order valence-electron chi connectivity index (χ0n) is 15.8. The van der Waals surface area contributed by atoms with Gasteiger partial charge in [0.15, 0.2) is 10.9 Å². The second kappa shape index (κ2) is 8.27. The lowest BCUT2D eigenvalue weighted by Crippen LogP contribution is -2.48. The van der Waals surface area contributed by atoms with E-state index in [0.29, 0.717) is 16.4 Å². The number of phenols is 1. The summed E-state index contributed by atoms with van der Waals surface area (Å²) in [6, 6.07) is 12.5. The van der Waals surface area contributed by atoms with E-state index in [-0.39, 0.29) is 12.2 Å². The first-order chi connectivity index (χ1) is 13.8. The van der Waals surface area contributed by atoms with Gasteiger partial charge in [-0.25, -0.2) is 4.79 Å². The number of nitro benzene ring substituents is 1. The smallest absolute Gasteiger partial charge is 0.338 e. The SMILES string of the molecule is CCOC(=O)C1=C(C)N(c2ccccc2)C(=S)N[C@@H]1c1ccc(O)c([N+](=O)[O-])c1. The van der Waals surface area contributed by atoms with Gasteiger partial charge in [0.25, 0.3) is 0 Å². The molecule has 0 amide bonds. The zero-order chi connectivity index (χ0) is 21.1. The fraction of sp³-hybridized carbons (Fsp3) is 0.200. The summed E-state index contributed by atoms with van der Waals surface area (Å²) in [5, 5.41) is 24.4. The molecule has 0 spiro atoms. The Morgan fingerprint density at radius 3 is 2.62 bits per heavy atom. The Labute approximate surface area is 172 Å². The van der Waals surface area contributed by atoms with Crippen LogP contribution in [0.2, 0.25) is 0 Å². The summed E-state index contributed by atoms with van der Waals surface area (Å²) in [5.74, 6) is -1.01. The molecule has 150 valence electrons. The highest BCUT2D eigenvalue weighted by Gasteiger charge is 2.36. The van der Waals surface area contributed by atoms with E-state index in [4.69, 9.17) is 17.0 Å². The van der Waals surface area contributed by atoms with E-state index < -0.39 is 28.4 Å². The number of rotatable bonds is 5. The third kappa shape index (κ3) is 3.90. The van der Waals surface area contributed by atoms with Crippen molar-refractivity contribution in [1.82, 2.24) is 5.32 Å². The molecule has 0 unspecified atom stereocenters. The maximum Gasteiger partial charge on any atom is 0.338 e. The van der Waals surface area contributed by atoms with Crippen molar-refractivity contribution in [3.05, 3.63) is 75.5 Å². The van der Waals surface area contributed by atoms with Crippen molar-refractivity contribution in [2.45, 2.75) is 19.9 Å². The predicted molar refractivity (Wildman–Crippen MR) is 111 cm³/mol. The van der Waals surface area contributed by atoms with Crippen LogP contribution in [-0.2, 0) is 9.53 Å². The van der Waals surface area contributed by atoms with Gasteiger partial charge in [-0.2, -0.15) is 0 Å². The number of ether oxygens (including phenoxy) is 1. The molecule has 1 atom stereocenters. The van der Waals surface area contributed by atoms with Crippen molar-refractivity contribution < 1.29 is 19.6 Å². The Bertz CT molecular complexity index is 1010. The number of carbonyl (C=O) groups excluding carboxylic acids is 1. The maximum atomic E-state index is 12.8. The van der Waals surface area contributed by atoms with Crippen LogP contribution in [0.5, 0.6) is 5.75 Å². The molecular weight excluding hydrogens is 394 g/mol. The normalized spacial score (nSPS) is 16.4. The first-order valence-corrected chi connectivity index (χ1v) is 9.26. The Hall–Kier alpha value is -3.46. The molecule has 29 heavy (non-hydrogen) atoms. The van der Waals surface area contributed by atoms with E-state index >= 15 is 0 Å². The second-order valence-corrected chi connectivity index (χ2v) is 6.66. The number of nitrogens with one attached hydrogen (secondary N) is 1. The van der Waals surface area contributed by atoms with Gasteiger partial charge in [0.1, 0.15) is 0 Å². The minimum Gasteiger partial charge on any atom is -0.502 e. The lowest BCUT2D eigenvalue weighted by atomic mass is 9.94. The van der Waals surface area contributed by atoms with Crippen molar-refractivity contribution in [3.63, 3.8) is 0 Å². The molecule has 2 N–H and O–H groups in total. The number of nitrogens with zero attached hydrogens (tertiary/aromatic N) is 2. The number of para-hydroxylation sites is 1. The van der Waals surface area contributed by atoms with Crippen molar-refractivity contribution in [2.24, 2.45) is 0 Å². The summed E-state index contributed by atoms with van der Waals surface area (Å²) in [6.07, 6.45) is 0. The largest absolute Gasteiger partial charge is 0.502 e. The lowest BCUT2D eigenvalue weighted by Gasteiger charge is -2.37. The molecule has 2 aromatic rings. The topological polar surface area (TPSA) is 105 Å². The number of nitro groups is 1. The van der Waals surface area contributed by atoms with E-state index in [0.717, 1.165) is 5.69 Å². The summed E-state index contributed by atoms with van der Waals surface area (Å²) < 4.78 is 5.23. The average molecular weight is 413 g/mol. The third-order valence-corrected chi connectivity index (χ3v) is 4.82. The van der Waals surface area contributed by atoms with Crippen LogP contribution in [0, 0.1) is 10.1 Å². The molecule has 1 aliphatic heterocycles. The quantitative estimate of drug-likeness (QED) is 0.332. The summed E-state index contributed by atoms with van der Waals surface area (Å²) in [7, 11) is 0. The van der Waals surface area contributed by atoms with E-state index in [1.807, 2.05) is 30.3 Å². The summed E-state index contributed by atoms with van der Waals surface area (Å²) in [5.41, 5.74) is 1.55. The molecule has 0 fully saturated rings. The number of aromatic hydroxyl groups is 1. The Morgan fingerprint density at radius 2 is 2.00 bits per heavy atom. The predicted octanol–water partition coefficient (Wildman–Crippen LogP) is 3.57. The molecule has 0 saturated heterocycles. The van der Waals surface area contributed by atoms with Gasteiger partial charge >= 0.3 is 11.7 Å². The van der Waals surface area contributed by atoms with E-state index in [1.165, 1.54) is 18.2 Å². The molecule has 0 radical (unpaired) electrons. The van der Waals surface area contributed by atoms with Gasteiger partial charge in [-0.3, -0.25) is 15.0 Å². The van der Waals surface area contributed by atoms with Crippen LogP contribution < -0.4 is 10.2 Å². The highest BCUT2D eigenvalue weighted by atomic mass is 32.1. The summed E-state index contributed by atoms with van der Waals surface area (Å²) in [6.45, 7) is 3.62. The van der Waals surface area contributed by atoms with E-state index in [1.54, 1.807) is 18.7 Å². The monoisotopic (exact) mass is 413 g/mol. The second-order valence-electron chi connectivity index (χ2n) is 6.28. The number of hydrogen-bond donors (Lipinski definition) is 2. The van der Waals surface area contributed by atoms with Crippen molar-refractivity contribution in [3.8, 4) is 5.75 Å². The number of phenolic OH excluding ortho intramolecular Hbond substituents is 1. The molecule has 1 heterocycles. The van der Waals surface area contributed by atoms with Crippen LogP contribution in [0.4, 0.5) is 11.4 Å². The van der Waals surface area contributed by atoms with Gasteiger partial charge in [-0.1, -0.05) is 24.3 Å². The van der Waals surface area contributed by atoms with Gasteiger partial charge in [-0.15, -0.1) is 0 Å². The van der Waals surface area contributed by atoms with Gasteiger partial charge in [0.05, 0.1) is 23.1 Å². The van der Waals surface area contributed by atoms with Gasteiger partial charge < -0.3 is 15.2 Å². The molecule has 2 aromatic carbocycles. The van der Waals surface area contributed by atoms with Crippen molar-refractivity contribution >= 4 is 34.7 Å². The molecule has 8 nitrogen and oxygen atoms in total. The molecule has 0 saturated carbocycles. The van der Waals surface area contributed by atoms with Crippen LogP contribution in [0.1, 0.15) is 25.5 Å². The molecular formula is C20H19N3O5S. The number of carbonyl (C=O) groups is 1. The number of esters is 1. The van der Waals surface area contributed by atoms with Gasteiger partial charge in [0.2, 0.25) is 0 Å². The molecule has 0 bridgehead atoms. The third-order valence-electron chi connectivity index (χ3n) is 4.52. The average Bonchev–Trinajstić information content (AvgIpc) is 2.68. The van der Waals surface area contributed by atoms with Crippen LogP contribution in [0.3, 0.4) is 0 Å². The fourth-order valence-electron chi connectivity index (χ4n) is 3.22. The van der Waals surface area contributed by atoms with Crippen LogP contribution in [-0.4, -0.2) is 27.7 Å². The minimum atomic E-state index is -0.763. The number of anilines is 1. The van der Waals surface area contributed by atoms with Gasteiger partial charge in [-0.05, 0) is 49.8 Å². The number of benzene rings is 2. The molecule has 3 rings (SSSR count). The summed E-state index contributed by atoms with van der Waals surface area (Å²) in [4.78, 5) is 25.0. The number of allylic oxidation sites excluding steroid dienone is 1. The van der Waals surface area contributed by atoms with Crippen molar-refractivity contribution in [1.29, 1.82) is 0 Å². The van der Waals surface area contributed by atoms with Gasteiger partial charge in [0, 0.05) is 17.5 Å². The zero-order valence-corrected chi connectivity index (χ0v) is 16.6. The standard InChI is InChI=1S/C20H19N3O5S/c1-3-28-19(25)17-12(2)22(14-7-5-4-6-8-14)20(29)21-18(17)13-9-10-16(24)15(11-13)23(26)27/h4-11,18,24H,3H2,1-2H3,(H,21,29)/t18-/m1/s1. The first-order valence-electron chi connectivity index (χ1n) is 8.86. The lowest BCUT2D eigenvalue weighted by molar-refractivity contribution is -0.385. The van der Waals surface area contributed by atoms with Crippen LogP contribution in [0.25, 0.3) is 0 Å². The van der Waals surface area contributed by atoms with Crippen molar-refractivity contribution in [2.75, 3.05) is 11.5 Å². The maximum absolute atomic E-state index is 12.8. The van der Waals surface area contributed by atoms with Crippen LogP contribution >= 0.6 is 12.2 Å². The first kappa shape index (κ1) is 20.3. The highest BCUT2D eigenvalue weighted by Crippen LogP contribution is 2.37. The van der Waals surface area contributed by atoms with Crippen LogP contribution in [0.15, 0.2) is 59.8 Å². The Morgan fingerprint density at radius 1 is 1.31 bits per heavy atom. The minimum absolute atomic E-state index is 0.174. The number of thiocarbonyl (C=S) groups is 1. The molecule has 1 aliphatic rings. The Balaban J connectivity index is 2.16.